The van der Waals surface area contributed by atoms with Crippen molar-refractivity contribution < 1.29 is 17.9 Å². The Balaban J connectivity index is 1.34. The number of likely N-dealkylation sites (tertiary alicyclic amines) is 1. The van der Waals surface area contributed by atoms with Crippen molar-refractivity contribution in [1.29, 1.82) is 0 Å². The van der Waals surface area contributed by atoms with Gasteiger partial charge in [0, 0.05) is 18.7 Å². The van der Waals surface area contributed by atoms with Crippen LogP contribution >= 0.6 is 0 Å². The zero-order chi connectivity index (χ0) is 22.0. The number of piperidine rings is 1. The van der Waals surface area contributed by atoms with Crippen LogP contribution in [0, 0.1) is 19.8 Å². The van der Waals surface area contributed by atoms with E-state index in [0.29, 0.717) is 37.6 Å². The van der Waals surface area contributed by atoms with Crippen molar-refractivity contribution >= 4 is 21.8 Å². The first-order chi connectivity index (χ1) is 14.9. The van der Waals surface area contributed by atoms with E-state index in [1.54, 1.807) is 24.3 Å². The molecule has 1 saturated heterocycles. The molecule has 0 aliphatic carbocycles. The standard InChI is InChI=1S/C23H27N3O4S/c1-16-7-5-8-17(2)21(16)30-14-12-24-23(27)18-9-6-13-26(15-18)22-19-10-3-4-11-20(19)31(28,29)25-22/h3-5,7-8,10-11,18H,6,9,12-15H2,1-2H3,(H,24,27). The first-order valence-corrected chi connectivity index (χ1v) is 12.0. The van der Waals surface area contributed by atoms with Gasteiger partial charge in [-0.25, -0.2) is 0 Å². The number of ether oxygens (including phenoxy) is 1. The molecule has 2 aromatic carbocycles. The predicted octanol–water partition coefficient (Wildman–Crippen LogP) is 2.66. The molecule has 1 unspecified atom stereocenters. The molecule has 7 nitrogen and oxygen atoms in total. The number of benzene rings is 2. The van der Waals surface area contributed by atoms with Crippen LogP contribution in [0.3, 0.4) is 0 Å². The highest BCUT2D eigenvalue weighted by Crippen LogP contribution is 2.29. The van der Waals surface area contributed by atoms with Crippen LogP contribution in [0.1, 0.15) is 29.5 Å². The van der Waals surface area contributed by atoms with Crippen molar-refractivity contribution in [2.24, 2.45) is 10.3 Å². The van der Waals surface area contributed by atoms with E-state index in [2.05, 4.69) is 9.71 Å². The minimum atomic E-state index is -3.66. The van der Waals surface area contributed by atoms with E-state index >= 15 is 0 Å². The van der Waals surface area contributed by atoms with Crippen molar-refractivity contribution in [2.75, 3.05) is 26.2 Å². The lowest BCUT2D eigenvalue weighted by Crippen LogP contribution is -2.46. The minimum absolute atomic E-state index is 0.0375. The molecule has 1 fully saturated rings. The molecule has 2 aliphatic heterocycles. The second-order valence-corrected chi connectivity index (χ2v) is 9.60. The summed E-state index contributed by atoms with van der Waals surface area (Å²) >= 11 is 0. The zero-order valence-electron chi connectivity index (χ0n) is 17.8. The fourth-order valence-corrected chi connectivity index (χ4v) is 5.43. The SMILES string of the molecule is Cc1cccc(C)c1OCCNC(=O)C1CCCN(C2=NS(=O)(=O)c3ccccc32)C1. The summed E-state index contributed by atoms with van der Waals surface area (Å²) in [4.78, 5) is 14.9. The molecule has 2 aliphatic rings. The Bertz CT molecular complexity index is 1110. The molecule has 0 aromatic heterocycles. The molecule has 164 valence electrons. The molecular weight excluding hydrogens is 414 g/mol. The first-order valence-electron chi connectivity index (χ1n) is 10.5. The number of carbonyl (C=O) groups is 1. The number of sulfonamides is 1. The lowest BCUT2D eigenvalue weighted by molar-refractivity contribution is -0.126. The number of carbonyl (C=O) groups excluding carboxylic acids is 1. The molecule has 8 heteroatoms. The highest BCUT2D eigenvalue weighted by atomic mass is 32.2. The number of amides is 1. The van der Waals surface area contributed by atoms with Gasteiger partial charge in [0.05, 0.1) is 12.5 Å². The van der Waals surface area contributed by atoms with Gasteiger partial charge in [-0.1, -0.05) is 30.3 Å². The van der Waals surface area contributed by atoms with Crippen LogP contribution in [0.25, 0.3) is 0 Å². The molecule has 2 heterocycles. The maximum absolute atomic E-state index is 12.7. The van der Waals surface area contributed by atoms with Gasteiger partial charge >= 0.3 is 0 Å². The van der Waals surface area contributed by atoms with E-state index in [-0.39, 0.29) is 16.7 Å². The van der Waals surface area contributed by atoms with Gasteiger partial charge in [0.25, 0.3) is 10.0 Å². The van der Waals surface area contributed by atoms with Crippen LogP contribution in [0.4, 0.5) is 0 Å². The van der Waals surface area contributed by atoms with Crippen LogP contribution in [0.2, 0.25) is 0 Å². The highest BCUT2D eigenvalue weighted by Gasteiger charge is 2.35. The average molecular weight is 442 g/mol. The summed E-state index contributed by atoms with van der Waals surface area (Å²) in [7, 11) is -3.66. The Morgan fingerprint density at radius 3 is 2.68 bits per heavy atom. The maximum Gasteiger partial charge on any atom is 0.285 e. The Morgan fingerprint density at radius 2 is 1.90 bits per heavy atom. The van der Waals surface area contributed by atoms with E-state index in [4.69, 9.17) is 4.74 Å². The van der Waals surface area contributed by atoms with Crippen LogP contribution in [0.15, 0.2) is 51.8 Å². The smallest absolute Gasteiger partial charge is 0.285 e. The van der Waals surface area contributed by atoms with E-state index < -0.39 is 10.0 Å². The Hall–Kier alpha value is -2.87. The number of nitrogens with one attached hydrogen (secondary N) is 1. The Kier molecular flexibility index (Phi) is 6.00. The van der Waals surface area contributed by atoms with Gasteiger partial charge in [-0.05, 0) is 49.9 Å². The summed E-state index contributed by atoms with van der Waals surface area (Å²) < 4.78 is 34.6. The molecule has 0 saturated carbocycles. The number of nitrogens with zero attached hydrogens (tertiary/aromatic N) is 2. The molecule has 31 heavy (non-hydrogen) atoms. The third kappa shape index (κ3) is 4.44. The number of hydrogen-bond acceptors (Lipinski definition) is 5. The van der Waals surface area contributed by atoms with Crippen LogP contribution in [-0.2, 0) is 14.8 Å². The lowest BCUT2D eigenvalue weighted by atomic mass is 9.96. The molecular formula is C23H27N3O4S. The molecule has 0 radical (unpaired) electrons. The predicted molar refractivity (Wildman–Crippen MR) is 119 cm³/mol. The number of hydrogen-bond donors (Lipinski definition) is 1. The van der Waals surface area contributed by atoms with Crippen LogP contribution in [-0.4, -0.2) is 51.3 Å². The summed E-state index contributed by atoms with van der Waals surface area (Å²) in [6.45, 7) is 5.95. The normalized spacial score (nSPS) is 19.5. The Labute approximate surface area is 183 Å². The van der Waals surface area contributed by atoms with Crippen molar-refractivity contribution in [1.82, 2.24) is 10.2 Å². The van der Waals surface area contributed by atoms with Gasteiger partial charge in [-0.3, -0.25) is 4.79 Å². The quantitative estimate of drug-likeness (QED) is 0.721. The molecule has 4 rings (SSSR count). The van der Waals surface area contributed by atoms with Gasteiger partial charge in [0.1, 0.15) is 17.3 Å². The molecule has 1 atom stereocenters. The van der Waals surface area contributed by atoms with Gasteiger partial charge < -0.3 is 15.0 Å². The van der Waals surface area contributed by atoms with Crippen molar-refractivity contribution in [3.63, 3.8) is 0 Å². The lowest BCUT2D eigenvalue weighted by Gasteiger charge is -2.33. The van der Waals surface area contributed by atoms with Crippen LogP contribution in [0.5, 0.6) is 5.75 Å². The zero-order valence-corrected chi connectivity index (χ0v) is 18.6. The number of fused-ring (bicyclic) bond motifs is 1. The van der Waals surface area contributed by atoms with E-state index in [1.807, 2.05) is 36.9 Å². The van der Waals surface area contributed by atoms with Gasteiger partial charge in [-0.2, -0.15) is 8.42 Å². The molecule has 1 N–H and O–H groups in total. The average Bonchev–Trinajstić information content (AvgIpc) is 3.04. The highest BCUT2D eigenvalue weighted by molar-refractivity contribution is 7.90. The summed E-state index contributed by atoms with van der Waals surface area (Å²) in [6, 6.07) is 12.8. The monoisotopic (exact) mass is 441 g/mol. The Morgan fingerprint density at radius 1 is 1.16 bits per heavy atom. The third-order valence-electron chi connectivity index (χ3n) is 5.76. The van der Waals surface area contributed by atoms with Crippen LogP contribution < -0.4 is 10.1 Å². The van der Waals surface area contributed by atoms with Gasteiger partial charge in [-0.15, -0.1) is 4.40 Å². The number of amidine groups is 1. The molecule has 2 aromatic rings. The molecule has 1 amide bonds. The van der Waals surface area contributed by atoms with E-state index in [1.165, 1.54) is 0 Å². The van der Waals surface area contributed by atoms with Crippen molar-refractivity contribution in [2.45, 2.75) is 31.6 Å². The first kappa shape index (κ1) is 21.4. The topological polar surface area (TPSA) is 88.1 Å². The maximum atomic E-state index is 12.7. The van der Waals surface area contributed by atoms with Crippen molar-refractivity contribution in [3.05, 3.63) is 59.2 Å². The fourth-order valence-electron chi connectivity index (χ4n) is 4.20. The fraction of sp³-hybridized carbons (Fsp3) is 0.391. The van der Waals surface area contributed by atoms with Gasteiger partial charge in [0.2, 0.25) is 5.91 Å². The van der Waals surface area contributed by atoms with E-state index in [9.17, 15) is 13.2 Å². The molecule has 0 bridgehead atoms. The number of rotatable bonds is 5. The summed E-state index contributed by atoms with van der Waals surface area (Å²) in [5.74, 6) is 1.06. The van der Waals surface area contributed by atoms with Gasteiger partial charge in [0.15, 0.2) is 5.84 Å². The summed E-state index contributed by atoms with van der Waals surface area (Å²) in [5.41, 5.74) is 2.76. The number of aryl methyl sites for hydroxylation is 2. The third-order valence-corrected chi connectivity index (χ3v) is 7.09. The summed E-state index contributed by atoms with van der Waals surface area (Å²) in [5, 5.41) is 2.96. The van der Waals surface area contributed by atoms with Crippen molar-refractivity contribution in [3.8, 4) is 5.75 Å². The molecule has 0 spiro atoms. The second kappa shape index (κ2) is 8.70. The second-order valence-electron chi connectivity index (χ2n) is 8.03. The summed E-state index contributed by atoms with van der Waals surface area (Å²) in [6.07, 6.45) is 1.57. The number of para-hydroxylation sites is 1. The minimum Gasteiger partial charge on any atom is -0.491 e. The largest absolute Gasteiger partial charge is 0.491 e. The van der Waals surface area contributed by atoms with E-state index in [0.717, 1.165) is 29.7 Å².